The van der Waals surface area contributed by atoms with Gasteiger partial charge in [0.1, 0.15) is 11.4 Å². The lowest BCUT2D eigenvalue weighted by Gasteiger charge is -2.32. The van der Waals surface area contributed by atoms with Crippen LogP contribution >= 0.6 is 0 Å². The third-order valence-corrected chi connectivity index (χ3v) is 5.63. The van der Waals surface area contributed by atoms with Crippen molar-refractivity contribution in [2.24, 2.45) is 11.7 Å². The SMILES string of the molecule is COC(=O)C1=C(Nc2ccc(N3CCC(C(N)=O)CC3)c([N+](=O)[O-])c2)C(=O)N(CCO)C1. The van der Waals surface area contributed by atoms with Gasteiger partial charge in [0.2, 0.25) is 5.91 Å². The monoisotopic (exact) mass is 447 g/mol. The van der Waals surface area contributed by atoms with E-state index in [-0.39, 0.29) is 54.2 Å². The van der Waals surface area contributed by atoms with Crippen molar-refractivity contribution in [3.63, 3.8) is 0 Å². The normalized spacial score (nSPS) is 17.0. The minimum Gasteiger partial charge on any atom is -0.466 e. The minimum atomic E-state index is -0.704. The number of β-amino-alcohol motifs (C(OH)–C–C–N with tert-alkyl or cyclic N) is 1. The van der Waals surface area contributed by atoms with Gasteiger partial charge < -0.3 is 30.7 Å². The van der Waals surface area contributed by atoms with Crippen molar-refractivity contribution < 1.29 is 29.2 Å². The second-order valence-electron chi connectivity index (χ2n) is 7.54. The highest BCUT2D eigenvalue weighted by Crippen LogP contribution is 2.34. The average molecular weight is 447 g/mol. The maximum Gasteiger partial charge on any atom is 0.337 e. The molecule has 1 fully saturated rings. The fourth-order valence-electron chi connectivity index (χ4n) is 3.91. The molecule has 2 aliphatic rings. The molecule has 1 aromatic rings. The van der Waals surface area contributed by atoms with Crippen molar-refractivity contribution in [1.29, 1.82) is 0 Å². The van der Waals surface area contributed by atoms with E-state index in [9.17, 15) is 24.5 Å². The number of anilines is 2. The molecular formula is C20H25N5O7. The van der Waals surface area contributed by atoms with Crippen molar-refractivity contribution in [2.75, 3.05) is 50.1 Å². The molecule has 4 N–H and O–H groups in total. The number of amides is 2. The van der Waals surface area contributed by atoms with Crippen molar-refractivity contribution in [2.45, 2.75) is 12.8 Å². The summed E-state index contributed by atoms with van der Waals surface area (Å²) in [5.74, 6) is -1.83. The van der Waals surface area contributed by atoms with Gasteiger partial charge in [-0.1, -0.05) is 0 Å². The molecule has 1 aromatic carbocycles. The number of piperidine rings is 1. The summed E-state index contributed by atoms with van der Waals surface area (Å²) in [6.45, 7) is 0.620. The molecule has 0 aromatic heterocycles. The lowest BCUT2D eigenvalue weighted by Crippen LogP contribution is -2.38. The van der Waals surface area contributed by atoms with E-state index in [1.54, 1.807) is 12.1 Å². The van der Waals surface area contributed by atoms with Gasteiger partial charge in [0.25, 0.3) is 11.6 Å². The average Bonchev–Trinajstić information content (AvgIpc) is 3.08. The standard InChI is InChI=1S/C20H25N5O7/c1-32-20(29)14-11-24(8-9-26)19(28)17(14)22-13-2-3-15(16(10-13)25(30)31)23-6-4-12(5-7-23)18(21)27/h2-3,10,12,22,26H,4-9,11H2,1H3,(H2,21,27). The van der Waals surface area contributed by atoms with Gasteiger partial charge in [0.05, 0.1) is 30.8 Å². The zero-order valence-electron chi connectivity index (χ0n) is 17.6. The summed E-state index contributed by atoms with van der Waals surface area (Å²) in [6.07, 6.45) is 1.02. The molecule has 12 heteroatoms. The first-order valence-corrected chi connectivity index (χ1v) is 10.1. The molecule has 0 saturated carbocycles. The molecule has 32 heavy (non-hydrogen) atoms. The van der Waals surface area contributed by atoms with Gasteiger partial charge in [0, 0.05) is 37.3 Å². The van der Waals surface area contributed by atoms with Crippen LogP contribution < -0.4 is 16.0 Å². The van der Waals surface area contributed by atoms with Gasteiger partial charge in [-0.25, -0.2) is 4.79 Å². The number of methoxy groups -OCH3 is 1. The molecule has 2 heterocycles. The van der Waals surface area contributed by atoms with Gasteiger partial charge >= 0.3 is 5.97 Å². The Bertz CT molecular complexity index is 969. The number of nitrogens with one attached hydrogen (secondary N) is 1. The first-order valence-electron chi connectivity index (χ1n) is 10.1. The molecule has 0 unspecified atom stereocenters. The molecule has 12 nitrogen and oxygen atoms in total. The van der Waals surface area contributed by atoms with Crippen LogP contribution in [-0.4, -0.2) is 72.6 Å². The molecule has 0 radical (unpaired) electrons. The van der Waals surface area contributed by atoms with Crippen LogP contribution in [0, 0.1) is 16.0 Å². The zero-order valence-corrected chi connectivity index (χ0v) is 17.6. The third-order valence-electron chi connectivity index (χ3n) is 5.63. The van der Waals surface area contributed by atoms with E-state index in [2.05, 4.69) is 5.32 Å². The number of carbonyl (C=O) groups excluding carboxylic acids is 3. The second-order valence-corrected chi connectivity index (χ2v) is 7.54. The summed E-state index contributed by atoms with van der Waals surface area (Å²) in [7, 11) is 1.19. The molecule has 0 aliphatic carbocycles. The third kappa shape index (κ3) is 4.64. The van der Waals surface area contributed by atoms with Gasteiger partial charge in [0.15, 0.2) is 0 Å². The molecule has 2 amide bonds. The number of carbonyl (C=O) groups is 3. The molecule has 172 valence electrons. The van der Waals surface area contributed by atoms with Crippen LogP contribution in [0.2, 0.25) is 0 Å². The number of nitrogens with zero attached hydrogens (tertiary/aromatic N) is 3. The highest BCUT2D eigenvalue weighted by atomic mass is 16.6. The Morgan fingerprint density at radius 2 is 2.03 bits per heavy atom. The van der Waals surface area contributed by atoms with E-state index in [0.29, 0.717) is 31.6 Å². The lowest BCUT2D eigenvalue weighted by atomic mass is 9.96. The topological polar surface area (TPSA) is 168 Å². The number of nitro benzene ring substituents is 1. The van der Waals surface area contributed by atoms with Crippen LogP contribution in [-0.2, 0) is 19.1 Å². The largest absolute Gasteiger partial charge is 0.466 e. The summed E-state index contributed by atoms with van der Waals surface area (Å²) in [5, 5.41) is 23.7. The van der Waals surface area contributed by atoms with Crippen molar-refractivity contribution in [3.05, 3.63) is 39.6 Å². The predicted octanol–water partition coefficient (Wildman–Crippen LogP) is -0.0300. The highest BCUT2D eigenvalue weighted by Gasteiger charge is 2.35. The van der Waals surface area contributed by atoms with Crippen LogP contribution in [0.5, 0.6) is 0 Å². The number of aliphatic hydroxyl groups is 1. The van der Waals surface area contributed by atoms with E-state index in [4.69, 9.17) is 15.6 Å². The van der Waals surface area contributed by atoms with E-state index in [1.807, 2.05) is 4.90 Å². The number of hydrogen-bond acceptors (Lipinski definition) is 9. The first-order chi connectivity index (χ1) is 15.3. The first kappa shape index (κ1) is 23.0. The number of nitro groups is 1. The number of nitrogens with two attached hydrogens (primary N) is 1. The zero-order chi connectivity index (χ0) is 23.4. The van der Waals surface area contributed by atoms with Crippen LogP contribution in [0.4, 0.5) is 17.1 Å². The minimum absolute atomic E-state index is 0.0326. The Balaban J connectivity index is 1.87. The van der Waals surface area contributed by atoms with Gasteiger partial charge in [-0.15, -0.1) is 0 Å². The van der Waals surface area contributed by atoms with Gasteiger partial charge in [-0.3, -0.25) is 19.7 Å². The van der Waals surface area contributed by atoms with E-state index >= 15 is 0 Å². The number of rotatable bonds is 8. The lowest BCUT2D eigenvalue weighted by molar-refractivity contribution is -0.384. The number of hydrogen-bond donors (Lipinski definition) is 3. The van der Waals surface area contributed by atoms with Crippen LogP contribution in [0.3, 0.4) is 0 Å². The summed E-state index contributed by atoms with van der Waals surface area (Å²) in [4.78, 5) is 50.5. The predicted molar refractivity (Wildman–Crippen MR) is 114 cm³/mol. The summed E-state index contributed by atoms with van der Waals surface area (Å²) in [6, 6.07) is 4.43. The van der Waals surface area contributed by atoms with Gasteiger partial charge in [-0.2, -0.15) is 0 Å². The van der Waals surface area contributed by atoms with Crippen LogP contribution in [0.1, 0.15) is 12.8 Å². The molecule has 0 atom stereocenters. The Labute approximate surface area is 183 Å². The fraction of sp³-hybridized carbons (Fsp3) is 0.450. The van der Waals surface area contributed by atoms with Gasteiger partial charge in [-0.05, 0) is 25.0 Å². The quantitative estimate of drug-likeness (QED) is 0.281. The molecule has 2 aliphatic heterocycles. The molecular weight excluding hydrogens is 422 g/mol. The Morgan fingerprint density at radius 3 is 2.59 bits per heavy atom. The number of primary amides is 1. The maximum absolute atomic E-state index is 12.7. The van der Waals surface area contributed by atoms with E-state index in [0.717, 1.165) is 0 Å². The van der Waals surface area contributed by atoms with Crippen molar-refractivity contribution in [1.82, 2.24) is 4.90 Å². The molecule has 0 spiro atoms. The smallest absolute Gasteiger partial charge is 0.337 e. The highest BCUT2D eigenvalue weighted by molar-refractivity contribution is 6.08. The molecule has 3 rings (SSSR count). The van der Waals surface area contributed by atoms with E-state index in [1.165, 1.54) is 18.1 Å². The van der Waals surface area contributed by atoms with Crippen molar-refractivity contribution >= 4 is 34.8 Å². The second kappa shape index (κ2) is 9.64. The molecule has 1 saturated heterocycles. The van der Waals surface area contributed by atoms with E-state index < -0.39 is 16.8 Å². The van der Waals surface area contributed by atoms with Crippen LogP contribution in [0.25, 0.3) is 0 Å². The number of aliphatic hydroxyl groups excluding tert-OH is 1. The summed E-state index contributed by atoms with van der Waals surface area (Å²) >= 11 is 0. The summed E-state index contributed by atoms with van der Waals surface area (Å²) in [5.41, 5.74) is 5.85. The molecule has 0 bridgehead atoms. The number of esters is 1. The Kier molecular flexibility index (Phi) is 6.93. The Hall–Kier alpha value is -3.67. The van der Waals surface area contributed by atoms with Crippen molar-refractivity contribution in [3.8, 4) is 0 Å². The number of ether oxygens (including phenoxy) is 1. The number of benzene rings is 1. The summed E-state index contributed by atoms with van der Waals surface area (Å²) < 4.78 is 4.74. The Morgan fingerprint density at radius 1 is 1.34 bits per heavy atom. The van der Waals surface area contributed by atoms with Crippen LogP contribution in [0.15, 0.2) is 29.5 Å². The maximum atomic E-state index is 12.7. The fourth-order valence-corrected chi connectivity index (χ4v) is 3.91.